The molecule has 1 aliphatic rings. The summed E-state index contributed by atoms with van der Waals surface area (Å²) >= 11 is 4.39. The number of carboxylic acids is 1. The van der Waals surface area contributed by atoms with Gasteiger partial charge in [0, 0.05) is 13.1 Å². The summed E-state index contributed by atoms with van der Waals surface area (Å²) in [5, 5.41) is 9.66. The molecule has 1 fully saturated rings. The number of rotatable bonds is 2. The van der Waals surface area contributed by atoms with Gasteiger partial charge in [0.15, 0.2) is 5.13 Å². The Labute approximate surface area is 93.7 Å². The summed E-state index contributed by atoms with van der Waals surface area (Å²) < 4.78 is 0.442. The molecule has 0 atom stereocenters. The second-order valence-electron chi connectivity index (χ2n) is 3.12. The Kier molecular flexibility index (Phi) is 2.73. The van der Waals surface area contributed by atoms with Gasteiger partial charge in [0.25, 0.3) is 0 Å². The van der Waals surface area contributed by atoms with E-state index in [1.54, 1.807) is 0 Å². The Morgan fingerprint density at radius 1 is 1.50 bits per heavy atom. The van der Waals surface area contributed by atoms with Crippen LogP contribution in [0.25, 0.3) is 0 Å². The first kappa shape index (κ1) is 9.92. The molecule has 0 saturated carbocycles. The molecule has 1 aliphatic heterocycles. The van der Waals surface area contributed by atoms with Crippen LogP contribution in [0, 0.1) is 0 Å². The van der Waals surface area contributed by atoms with E-state index >= 15 is 0 Å². The van der Waals surface area contributed by atoms with Gasteiger partial charge in [0.2, 0.25) is 0 Å². The summed E-state index contributed by atoms with van der Waals surface area (Å²) in [6, 6.07) is 0. The van der Waals surface area contributed by atoms with E-state index in [2.05, 4.69) is 25.8 Å². The first-order valence-corrected chi connectivity index (χ1v) is 5.94. The molecule has 0 aromatic carbocycles. The normalized spacial score (nSPS) is 16.2. The van der Waals surface area contributed by atoms with Crippen molar-refractivity contribution in [2.75, 3.05) is 18.0 Å². The fraction of sp³-hybridized carbons (Fsp3) is 0.500. The predicted molar refractivity (Wildman–Crippen MR) is 58.2 cm³/mol. The van der Waals surface area contributed by atoms with Crippen LogP contribution < -0.4 is 4.90 Å². The van der Waals surface area contributed by atoms with Crippen molar-refractivity contribution in [1.82, 2.24) is 4.98 Å². The molecule has 4 nitrogen and oxygen atoms in total. The Hall–Kier alpha value is -0.620. The van der Waals surface area contributed by atoms with Crippen molar-refractivity contribution in [3.05, 3.63) is 9.48 Å². The second kappa shape index (κ2) is 3.86. The van der Waals surface area contributed by atoms with Crippen LogP contribution in [0.3, 0.4) is 0 Å². The zero-order valence-corrected chi connectivity index (χ0v) is 9.77. The van der Waals surface area contributed by atoms with Gasteiger partial charge < -0.3 is 10.0 Å². The monoisotopic (exact) mass is 276 g/mol. The van der Waals surface area contributed by atoms with Gasteiger partial charge in [0.05, 0.1) is 0 Å². The highest BCUT2D eigenvalue weighted by atomic mass is 79.9. The van der Waals surface area contributed by atoms with Crippen molar-refractivity contribution < 1.29 is 9.90 Å². The molecule has 76 valence electrons. The van der Waals surface area contributed by atoms with Crippen LogP contribution in [0.15, 0.2) is 4.60 Å². The molecule has 1 aromatic heterocycles. The minimum absolute atomic E-state index is 0.284. The van der Waals surface area contributed by atoms with Crippen molar-refractivity contribution in [3.63, 3.8) is 0 Å². The van der Waals surface area contributed by atoms with Crippen molar-refractivity contribution >= 4 is 38.4 Å². The lowest BCUT2D eigenvalue weighted by Gasteiger charge is -2.11. The average molecular weight is 277 g/mol. The average Bonchev–Trinajstić information content (AvgIpc) is 2.70. The molecule has 0 unspecified atom stereocenters. The largest absolute Gasteiger partial charge is 0.477 e. The van der Waals surface area contributed by atoms with Crippen LogP contribution in [0.5, 0.6) is 0 Å². The van der Waals surface area contributed by atoms with E-state index < -0.39 is 5.97 Å². The third kappa shape index (κ3) is 1.76. The number of carboxylic acid groups (broad SMARTS) is 1. The van der Waals surface area contributed by atoms with Crippen molar-refractivity contribution in [2.24, 2.45) is 0 Å². The molecule has 14 heavy (non-hydrogen) atoms. The SMILES string of the molecule is O=C(O)c1sc(N2CCCC2)nc1Br. The molecule has 0 spiro atoms. The first-order valence-electron chi connectivity index (χ1n) is 4.33. The van der Waals surface area contributed by atoms with Crippen LogP contribution in [0.2, 0.25) is 0 Å². The Bertz CT molecular complexity index is 360. The van der Waals surface area contributed by atoms with Gasteiger partial charge in [-0.25, -0.2) is 9.78 Å². The fourth-order valence-corrected chi connectivity index (χ4v) is 3.01. The molecule has 1 saturated heterocycles. The minimum Gasteiger partial charge on any atom is -0.477 e. The summed E-state index contributed by atoms with van der Waals surface area (Å²) in [6.07, 6.45) is 2.33. The number of aromatic nitrogens is 1. The van der Waals surface area contributed by atoms with E-state index in [0.29, 0.717) is 4.60 Å². The fourth-order valence-electron chi connectivity index (χ4n) is 1.47. The third-order valence-electron chi connectivity index (χ3n) is 2.15. The number of nitrogens with zero attached hydrogens (tertiary/aromatic N) is 2. The lowest BCUT2D eigenvalue weighted by Crippen LogP contribution is -2.16. The maximum atomic E-state index is 10.8. The molecule has 0 amide bonds. The summed E-state index contributed by atoms with van der Waals surface area (Å²) in [6.45, 7) is 1.97. The second-order valence-corrected chi connectivity index (χ2v) is 4.84. The molecular weight excluding hydrogens is 268 g/mol. The number of halogens is 1. The maximum absolute atomic E-state index is 10.8. The molecular formula is C8H9BrN2O2S. The number of hydrogen-bond donors (Lipinski definition) is 1. The zero-order valence-electron chi connectivity index (χ0n) is 7.36. The van der Waals surface area contributed by atoms with E-state index in [1.807, 2.05) is 0 Å². The van der Waals surface area contributed by atoms with Crippen LogP contribution in [0.4, 0.5) is 5.13 Å². The molecule has 1 N–H and O–H groups in total. The van der Waals surface area contributed by atoms with Gasteiger partial charge in [-0.1, -0.05) is 11.3 Å². The Morgan fingerprint density at radius 2 is 2.14 bits per heavy atom. The lowest BCUT2D eigenvalue weighted by atomic mass is 10.4. The van der Waals surface area contributed by atoms with Crippen LogP contribution >= 0.6 is 27.3 Å². The third-order valence-corrected chi connectivity index (χ3v) is 4.09. The van der Waals surface area contributed by atoms with E-state index in [9.17, 15) is 4.79 Å². The van der Waals surface area contributed by atoms with Crippen LogP contribution in [-0.4, -0.2) is 29.1 Å². The summed E-state index contributed by atoms with van der Waals surface area (Å²) in [7, 11) is 0. The number of anilines is 1. The van der Waals surface area contributed by atoms with Gasteiger partial charge in [0.1, 0.15) is 9.48 Å². The highest BCUT2D eigenvalue weighted by Gasteiger charge is 2.20. The van der Waals surface area contributed by atoms with Gasteiger partial charge in [-0.2, -0.15) is 0 Å². The topological polar surface area (TPSA) is 53.4 Å². The van der Waals surface area contributed by atoms with Crippen LogP contribution in [-0.2, 0) is 0 Å². The standard InChI is InChI=1S/C8H9BrN2O2S/c9-6-5(7(12)13)14-8(10-6)11-3-1-2-4-11/h1-4H2,(H,12,13). The van der Waals surface area contributed by atoms with Gasteiger partial charge in [-0.15, -0.1) is 0 Å². The quantitative estimate of drug-likeness (QED) is 0.900. The first-order chi connectivity index (χ1) is 6.68. The smallest absolute Gasteiger partial charge is 0.348 e. The molecule has 0 aliphatic carbocycles. The minimum atomic E-state index is -0.917. The predicted octanol–water partition coefficient (Wildman–Crippen LogP) is 2.20. The number of aromatic carboxylic acids is 1. The van der Waals surface area contributed by atoms with Gasteiger partial charge in [-0.3, -0.25) is 0 Å². The lowest BCUT2D eigenvalue weighted by molar-refractivity contribution is 0.0701. The van der Waals surface area contributed by atoms with Crippen molar-refractivity contribution in [1.29, 1.82) is 0 Å². The molecule has 2 rings (SSSR count). The molecule has 2 heterocycles. The van der Waals surface area contributed by atoms with E-state index in [1.165, 1.54) is 24.2 Å². The molecule has 6 heteroatoms. The molecule has 0 radical (unpaired) electrons. The van der Waals surface area contributed by atoms with E-state index in [-0.39, 0.29) is 4.88 Å². The number of carbonyl (C=O) groups is 1. The van der Waals surface area contributed by atoms with E-state index in [0.717, 1.165) is 18.2 Å². The van der Waals surface area contributed by atoms with E-state index in [4.69, 9.17) is 5.11 Å². The summed E-state index contributed by atoms with van der Waals surface area (Å²) in [5.74, 6) is -0.917. The van der Waals surface area contributed by atoms with Gasteiger partial charge >= 0.3 is 5.97 Å². The highest BCUT2D eigenvalue weighted by Crippen LogP contribution is 2.31. The summed E-state index contributed by atoms with van der Waals surface area (Å²) in [4.78, 5) is 17.4. The number of hydrogen-bond acceptors (Lipinski definition) is 4. The maximum Gasteiger partial charge on any atom is 0.348 e. The van der Waals surface area contributed by atoms with Gasteiger partial charge in [-0.05, 0) is 28.8 Å². The molecule has 0 bridgehead atoms. The Balaban J connectivity index is 2.27. The highest BCUT2D eigenvalue weighted by molar-refractivity contribution is 9.10. The van der Waals surface area contributed by atoms with Crippen molar-refractivity contribution in [2.45, 2.75) is 12.8 Å². The zero-order chi connectivity index (χ0) is 10.1. The van der Waals surface area contributed by atoms with Crippen molar-refractivity contribution in [3.8, 4) is 0 Å². The molecule has 1 aromatic rings. The Morgan fingerprint density at radius 3 is 2.64 bits per heavy atom. The van der Waals surface area contributed by atoms with Crippen LogP contribution in [0.1, 0.15) is 22.5 Å². The number of thiazole rings is 1. The summed E-state index contributed by atoms with van der Waals surface area (Å²) in [5.41, 5.74) is 0.